The maximum Gasteiger partial charge on any atom is 0.343 e. The Morgan fingerprint density at radius 3 is 2.58 bits per heavy atom. The Morgan fingerprint density at radius 2 is 1.83 bits per heavy atom. The van der Waals surface area contributed by atoms with Crippen LogP contribution in [0.2, 0.25) is 0 Å². The van der Waals surface area contributed by atoms with Gasteiger partial charge in [-0.05, 0) is 17.5 Å². The Morgan fingerprint density at radius 1 is 1.08 bits per heavy atom. The second-order valence-electron chi connectivity index (χ2n) is 2.30. The number of hydrogen-bond acceptors (Lipinski definition) is 2. The average molecular weight is 183 g/mol. The summed E-state index contributed by atoms with van der Waals surface area (Å²) < 4.78 is 4.68. The molecule has 62 valence electrons. The number of fused-ring (bicyclic) bond motifs is 1. The third-order valence-electron chi connectivity index (χ3n) is 1.60. The van der Waals surface area contributed by atoms with Gasteiger partial charge in [0.2, 0.25) is 0 Å². The van der Waals surface area contributed by atoms with E-state index < -0.39 is 0 Å². The first-order chi connectivity index (χ1) is 5.38. The van der Waals surface area contributed by atoms with Crippen molar-refractivity contribution in [1.82, 2.24) is 0 Å². The molecule has 0 amide bonds. The minimum Gasteiger partial charge on any atom is -0.431 e. The Hall–Kier alpha value is -1.28. The zero-order valence-electron chi connectivity index (χ0n) is 6.19. The normalized spacial score (nSPS) is 9.33. The Balaban J connectivity index is 0.000000720. The Labute approximate surface area is 75.2 Å². The van der Waals surface area contributed by atoms with Crippen LogP contribution in [-0.2, 0) is 0 Å². The third-order valence-corrected chi connectivity index (χ3v) is 1.60. The lowest BCUT2D eigenvalue weighted by Crippen LogP contribution is -1.96. The van der Waals surface area contributed by atoms with Gasteiger partial charge in [0.15, 0.2) is 0 Å². The summed E-state index contributed by atoms with van der Waals surface area (Å²) in [6.07, 6.45) is 1.41. The van der Waals surface area contributed by atoms with E-state index >= 15 is 0 Å². The lowest BCUT2D eigenvalue weighted by Gasteiger charge is -1.91. The fourth-order valence-electron chi connectivity index (χ4n) is 1.06. The summed E-state index contributed by atoms with van der Waals surface area (Å²) >= 11 is 0. The van der Waals surface area contributed by atoms with Crippen LogP contribution in [-0.4, -0.2) is 0 Å². The van der Waals surface area contributed by atoms with Gasteiger partial charge in [0, 0.05) is 0 Å². The van der Waals surface area contributed by atoms with Crippen molar-refractivity contribution in [3.8, 4) is 0 Å². The highest BCUT2D eigenvalue weighted by Gasteiger charge is 1.94. The van der Waals surface area contributed by atoms with E-state index in [2.05, 4.69) is 4.42 Å². The SMILES string of the molecule is Cl.O=c1occc2ccccc12. The molecule has 0 spiro atoms. The van der Waals surface area contributed by atoms with Gasteiger partial charge in [0.1, 0.15) is 0 Å². The second kappa shape index (κ2) is 3.41. The molecule has 0 saturated heterocycles. The molecule has 0 radical (unpaired) electrons. The van der Waals surface area contributed by atoms with Crippen molar-refractivity contribution in [2.75, 3.05) is 0 Å². The predicted molar refractivity (Wildman–Crippen MR) is 49.7 cm³/mol. The van der Waals surface area contributed by atoms with E-state index in [1.165, 1.54) is 6.26 Å². The molecule has 1 heterocycles. The molecular formula is C9H7ClO2. The van der Waals surface area contributed by atoms with Crippen LogP contribution in [0.25, 0.3) is 10.8 Å². The molecule has 2 aromatic rings. The summed E-state index contributed by atoms with van der Waals surface area (Å²) in [6.45, 7) is 0. The lowest BCUT2D eigenvalue weighted by molar-refractivity contribution is 0.519. The van der Waals surface area contributed by atoms with E-state index in [1.807, 2.05) is 18.2 Å². The van der Waals surface area contributed by atoms with Crippen LogP contribution < -0.4 is 5.63 Å². The summed E-state index contributed by atoms with van der Waals surface area (Å²) in [4.78, 5) is 11.0. The first-order valence-electron chi connectivity index (χ1n) is 3.34. The highest BCUT2D eigenvalue weighted by Crippen LogP contribution is 2.06. The molecule has 2 nitrogen and oxygen atoms in total. The van der Waals surface area contributed by atoms with Crippen molar-refractivity contribution in [3.05, 3.63) is 47.0 Å². The van der Waals surface area contributed by atoms with Gasteiger partial charge < -0.3 is 4.42 Å². The van der Waals surface area contributed by atoms with Crippen LogP contribution in [0.15, 0.2) is 45.8 Å². The summed E-state index contributed by atoms with van der Waals surface area (Å²) in [5, 5.41) is 1.55. The molecule has 0 aliphatic carbocycles. The summed E-state index contributed by atoms with van der Waals surface area (Å²) in [5.74, 6) is 0. The predicted octanol–water partition coefficient (Wildman–Crippen LogP) is 2.21. The van der Waals surface area contributed by atoms with E-state index in [1.54, 1.807) is 12.1 Å². The van der Waals surface area contributed by atoms with Crippen molar-refractivity contribution < 1.29 is 4.42 Å². The van der Waals surface area contributed by atoms with E-state index in [-0.39, 0.29) is 18.0 Å². The van der Waals surface area contributed by atoms with Crippen molar-refractivity contribution in [2.45, 2.75) is 0 Å². The first-order valence-corrected chi connectivity index (χ1v) is 3.34. The first kappa shape index (κ1) is 8.81. The van der Waals surface area contributed by atoms with Gasteiger partial charge >= 0.3 is 5.63 Å². The van der Waals surface area contributed by atoms with E-state index in [4.69, 9.17) is 0 Å². The Kier molecular flexibility index (Phi) is 2.51. The number of hydrogen-bond donors (Lipinski definition) is 0. The minimum absolute atomic E-state index is 0. The van der Waals surface area contributed by atoms with Crippen molar-refractivity contribution in [1.29, 1.82) is 0 Å². The molecule has 2 rings (SSSR count). The third kappa shape index (κ3) is 1.34. The van der Waals surface area contributed by atoms with E-state index in [9.17, 15) is 4.79 Å². The lowest BCUT2D eigenvalue weighted by atomic mass is 10.2. The van der Waals surface area contributed by atoms with Crippen molar-refractivity contribution >= 4 is 23.2 Å². The molecule has 0 bridgehead atoms. The minimum atomic E-state index is -0.275. The summed E-state index contributed by atoms with van der Waals surface area (Å²) in [5.41, 5.74) is -0.275. The molecule has 0 N–H and O–H groups in total. The fraction of sp³-hybridized carbons (Fsp3) is 0. The molecule has 0 saturated carbocycles. The van der Waals surface area contributed by atoms with Gasteiger partial charge in [0.25, 0.3) is 0 Å². The van der Waals surface area contributed by atoms with E-state index in [0.29, 0.717) is 5.39 Å². The van der Waals surface area contributed by atoms with Gasteiger partial charge in [-0.1, -0.05) is 18.2 Å². The maximum absolute atomic E-state index is 11.0. The number of halogens is 1. The van der Waals surface area contributed by atoms with Gasteiger partial charge in [-0.15, -0.1) is 12.4 Å². The van der Waals surface area contributed by atoms with Crippen LogP contribution in [0.3, 0.4) is 0 Å². The van der Waals surface area contributed by atoms with Crippen LogP contribution in [0.4, 0.5) is 0 Å². The molecular weight excluding hydrogens is 176 g/mol. The standard InChI is InChI=1S/C9H6O2.ClH/c10-9-8-4-2-1-3-7(8)5-6-11-9;/h1-6H;1H. The largest absolute Gasteiger partial charge is 0.431 e. The molecule has 12 heavy (non-hydrogen) atoms. The molecule has 1 aromatic carbocycles. The molecule has 3 heteroatoms. The maximum atomic E-state index is 11.0. The van der Waals surface area contributed by atoms with Crippen LogP contribution in [0.5, 0.6) is 0 Å². The number of rotatable bonds is 0. The van der Waals surface area contributed by atoms with Crippen molar-refractivity contribution in [3.63, 3.8) is 0 Å². The fourth-order valence-corrected chi connectivity index (χ4v) is 1.06. The van der Waals surface area contributed by atoms with Crippen LogP contribution >= 0.6 is 12.4 Å². The molecule has 0 unspecified atom stereocenters. The van der Waals surface area contributed by atoms with Crippen molar-refractivity contribution in [2.24, 2.45) is 0 Å². The Bertz CT molecular complexity index is 428. The summed E-state index contributed by atoms with van der Waals surface area (Å²) in [6, 6.07) is 9.12. The second-order valence-corrected chi connectivity index (χ2v) is 2.30. The summed E-state index contributed by atoms with van der Waals surface area (Å²) in [7, 11) is 0. The molecule has 0 aliphatic heterocycles. The highest BCUT2D eigenvalue weighted by atomic mass is 35.5. The molecule has 1 aromatic heterocycles. The van der Waals surface area contributed by atoms with Crippen LogP contribution in [0.1, 0.15) is 0 Å². The van der Waals surface area contributed by atoms with Gasteiger partial charge in [-0.25, -0.2) is 4.79 Å². The zero-order valence-corrected chi connectivity index (χ0v) is 7.01. The quantitative estimate of drug-likeness (QED) is 0.626. The molecule has 0 atom stereocenters. The average Bonchev–Trinajstić information content (AvgIpc) is 2.06. The van der Waals surface area contributed by atoms with E-state index in [0.717, 1.165) is 5.39 Å². The van der Waals surface area contributed by atoms with Crippen LogP contribution in [0, 0.1) is 0 Å². The topological polar surface area (TPSA) is 30.2 Å². The monoisotopic (exact) mass is 182 g/mol. The van der Waals surface area contributed by atoms with Gasteiger partial charge in [-0.2, -0.15) is 0 Å². The highest BCUT2D eigenvalue weighted by molar-refractivity contribution is 5.85. The van der Waals surface area contributed by atoms with Gasteiger partial charge in [0.05, 0.1) is 11.6 Å². The molecule has 0 fully saturated rings. The smallest absolute Gasteiger partial charge is 0.343 e. The zero-order chi connectivity index (χ0) is 7.68. The molecule has 0 aliphatic rings. The number of benzene rings is 1. The van der Waals surface area contributed by atoms with Gasteiger partial charge in [-0.3, -0.25) is 0 Å².